The maximum atomic E-state index is 12.4. The molecule has 108 valence electrons. The van der Waals surface area contributed by atoms with Gasteiger partial charge in [-0.05, 0) is 19.3 Å². The van der Waals surface area contributed by atoms with Gasteiger partial charge in [-0.2, -0.15) is 0 Å². The van der Waals surface area contributed by atoms with Gasteiger partial charge >= 0.3 is 0 Å². The highest BCUT2D eigenvalue weighted by atomic mass is 16.3. The molecule has 0 bridgehead atoms. The zero-order valence-electron chi connectivity index (χ0n) is 11.8. The van der Waals surface area contributed by atoms with E-state index in [2.05, 4.69) is 0 Å². The Morgan fingerprint density at radius 1 is 1.11 bits per heavy atom. The molecule has 2 aliphatic rings. The Morgan fingerprint density at radius 3 is 2.42 bits per heavy atom. The minimum absolute atomic E-state index is 0.0116. The van der Waals surface area contributed by atoms with Gasteiger partial charge in [0.25, 0.3) is 0 Å². The third-order valence-corrected chi connectivity index (χ3v) is 4.05. The Labute approximate surface area is 114 Å². The fourth-order valence-electron chi connectivity index (χ4n) is 2.94. The number of piperidine rings is 1. The summed E-state index contributed by atoms with van der Waals surface area (Å²) in [6.45, 7) is 6.20. The van der Waals surface area contributed by atoms with Crippen molar-refractivity contribution in [2.45, 2.75) is 39.2 Å². The van der Waals surface area contributed by atoms with Crippen LogP contribution < -0.4 is 0 Å². The summed E-state index contributed by atoms with van der Waals surface area (Å²) in [4.78, 5) is 27.9. The number of rotatable bonds is 2. The predicted molar refractivity (Wildman–Crippen MR) is 71.3 cm³/mol. The molecule has 0 aromatic heterocycles. The number of aliphatic hydroxyl groups is 1. The fraction of sp³-hybridized carbons (Fsp3) is 0.857. The Morgan fingerprint density at radius 2 is 1.84 bits per heavy atom. The van der Waals surface area contributed by atoms with Gasteiger partial charge in [-0.1, -0.05) is 13.8 Å². The molecule has 1 N–H and O–H groups in total. The number of hydrogen-bond acceptors (Lipinski definition) is 3. The van der Waals surface area contributed by atoms with Crippen molar-refractivity contribution in [3.05, 3.63) is 0 Å². The summed E-state index contributed by atoms with van der Waals surface area (Å²) < 4.78 is 0. The van der Waals surface area contributed by atoms with Crippen molar-refractivity contribution < 1.29 is 14.7 Å². The molecule has 2 heterocycles. The van der Waals surface area contributed by atoms with Crippen LogP contribution in [0.2, 0.25) is 0 Å². The van der Waals surface area contributed by atoms with E-state index >= 15 is 0 Å². The van der Waals surface area contributed by atoms with Crippen LogP contribution in [0.5, 0.6) is 0 Å². The zero-order chi connectivity index (χ0) is 14.0. The molecule has 2 unspecified atom stereocenters. The largest absolute Gasteiger partial charge is 0.391 e. The maximum absolute atomic E-state index is 12.4. The van der Waals surface area contributed by atoms with E-state index in [1.54, 1.807) is 4.90 Å². The van der Waals surface area contributed by atoms with Gasteiger partial charge in [0.05, 0.1) is 12.0 Å². The number of amides is 2. The third kappa shape index (κ3) is 3.26. The van der Waals surface area contributed by atoms with E-state index in [0.29, 0.717) is 26.1 Å². The van der Waals surface area contributed by atoms with E-state index in [1.165, 1.54) is 0 Å². The van der Waals surface area contributed by atoms with Gasteiger partial charge in [0.1, 0.15) is 0 Å². The number of likely N-dealkylation sites (tertiary alicyclic amines) is 2. The summed E-state index contributed by atoms with van der Waals surface area (Å²) in [5.74, 6) is 0.154. The van der Waals surface area contributed by atoms with Crippen LogP contribution in [-0.4, -0.2) is 59.0 Å². The van der Waals surface area contributed by atoms with Gasteiger partial charge in [-0.15, -0.1) is 0 Å². The molecule has 2 aliphatic heterocycles. The summed E-state index contributed by atoms with van der Waals surface area (Å²) in [6.07, 6.45) is 2.05. The quantitative estimate of drug-likeness (QED) is 0.792. The van der Waals surface area contributed by atoms with Gasteiger partial charge in [0.2, 0.25) is 11.8 Å². The fourth-order valence-corrected chi connectivity index (χ4v) is 2.94. The molecule has 2 amide bonds. The van der Waals surface area contributed by atoms with Crippen molar-refractivity contribution in [2.75, 3.05) is 26.2 Å². The molecule has 2 rings (SSSR count). The van der Waals surface area contributed by atoms with E-state index in [9.17, 15) is 14.7 Å². The Bertz CT molecular complexity index is 357. The van der Waals surface area contributed by atoms with Crippen molar-refractivity contribution in [1.82, 2.24) is 9.80 Å². The van der Waals surface area contributed by atoms with Crippen LogP contribution in [0.15, 0.2) is 0 Å². The molecule has 0 aliphatic carbocycles. The molecular weight excluding hydrogens is 244 g/mol. The predicted octanol–water partition coefficient (Wildman–Crippen LogP) is 0.474. The third-order valence-electron chi connectivity index (χ3n) is 4.05. The minimum atomic E-state index is -0.374. The Hall–Kier alpha value is -1.10. The number of carbonyl (C=O) groups excluding carboxylic acids is 2. The van der Waals surface area contributed by atoms with Crippen LogP contribution in [-0.2, 0) is 9.59 Å². The van der Waals surface area contributed by atoms with E-state index in [0.717, 1.165) is 19.4 Å². The van der Waals surface area contributed by atoms with E-state index in [1.807, 2.05) is 18.7 Å². The number of hydrogen-bond donors (Lipinski definition) is 1. The van der Waals surface area contributed by atoms with Crippen molar-refractivity contribution in [1.29, 1.82) is 0 Å². The van der Waals surface area contributed by atoms with Gasteiger partial charge < -0.3 is 14.9 Å². The van der Waals surface area contributed by atoms with Crippen LogP contribution in [0.25, 0.3) is 0 Å². The molecule has 5 heteroatoms. The standard InChI is InChI=1S/C14H24N2O3/c1-10(2)13(18)15-6-3-4-11(8-15)14(19)16-7-5-12(17)9-16/h10-12,17H,3-9H2,1-2H3. The normalized spacial score (nSPS) is 28.0. The molecule has 0 saturated carbocycles. The summed E-state index contributed by atoms with van der Waals surface area (Å²) in [6, 6.07) is 0. The SMILES string of the molecule is CC(C)C(=O)N1CCCC(C(=O)N2CCC(O)C2)C1. The molecule has 0 radical (unpaired) electrons. The lowest BCUT2D eigenvalue weighted by molar-refractivity contribution is -0.142. The average Bonchev–Trinajstić information content (AvgIpc) is 2.83. The molecule has 5 nitrogen and oxygen atoms in total. The van der Waals surface area contributed by atoms with E-state index in [4.69, 9.17) is 0 Å². The second kappa shape index (κ2) is 5.90. The van der Waals surface area contributed by atoms with Crippen LogP contribution >= 0.6 is 0 Å². The molecule has 0 aromatic carbocycles. The molecule has 0 aromatic rings. The lowest BCUT2D eigenvalue weighted by Gasteiger charge is -2.34. The number of aliphatic hydroxyl groups excluding tert-OH is 1. The first-order chi connectivity index (χ1) is 8.99. The van der Waals surface area contributed by atoms with Gasteiger partial charge in [-0.3, -0.25) is 9.59 Å². The number of β-amino-alcohol motifs (C(OH)–C–C–N with tert-alkyl or cyclic N) is 1. The second-order valence-corrected chi connectivity index (χ2v) is 6.00. The number of nitrogens with zero attached hydrogens (tertiary/aromatic N) is 2. The van der Waals surface area contributed by atoms with E-state index < -0.39 is 0 Å². The van der Waals surface area contributed by atoms with Gasteiger partial charge in [0, 0.05) is 32.1 Å². The van der Waals surface area contributed by atoms with Crippen molar-refractivity contribution in [3.63, 3.8) is 0 Å². The topological polar surface area (TPSA) is 60.9 Å². The Kier molecular flexibility index (Phi) is 4.45. The molecular formula is C14H24N2O3. The first-order valence-corrected chi connectivity index (χ1v) is 7.24. The maximum Gasteiger partial charge on any atom is 0.227 e. The lowest BCUT2D eigenvalue weighted by Crippen LogP contribution is -2.47. The van der Waals surface area contributed by atoms with E-state index in [-0.39, 0.29) is 29.8 Å². The van der Waals surface area contributed by atoms with Crippen LogP contribution in [0.3, 0.4) is 0 Å². The summed E-state index contributed by atoms with van der Waals surface area (Å²) in [7, 11) is 0. The summed E-state index contributed by atoms with van der Waals surface area (Å²) in [5, 5.41) is 9.50. The lowest BCUT2D eigenvalue weighted by atomic mass is 9.95. The highest BCUT2D eigenvalue weighted by Gasteiger charge is 2.34. The van der Waals surface area contributed by atoms with Crippen molar-refractivity contribution in [2.24, 2.45) is 11.8 Å². The molecule has 0 spiro atoms. The van der Waals surface area contributed by atoms with Crippen molar-refractivity contribution in [3.8, 4) is 0 Å². The minimum Gasteiger partial charge on any atom is -0.391 e. The molecule has 19 heavy (non-hydrogen) atoms. The molecule has 2 atom stereocenters. The zero-order valence-corrected chi connectivity index (χ0v) is 11.8. The van der Waals surface area contributed by atoms with Crippen LogP contribution in [0, 0.1) is 11.8 Å². The van der Waals surface area contributed by atoms with Crippen LogP contribution in [0.1, 0.15) is 33.1 Å². The monoisotopic (exact) mass is 268 g/mol. The van der Waals surface area contributed by atoms with Gasteiger partial charge in [-0.25, -0.2) is 0 Å². The average molecular weight is 268 g/mol. The summed E-state index contributed by atoms with van der Waals surface area (Å²) in [5.41, 5.74) is 0. The van der Waals surface area contributed by atoms with Crippen molar-refractivity contribution >= 4 is 11.8 Å². The summed E-state index contributed by atoms with van der Waals surface area (Å²) >= 11 is 0. The van der Waals surface area contributed by atoms with Gasteiger partial charge in [0.15, 0.2) is 0 Å². The Balaban J connectivity index is 1.93. The first kappa shape index (κ1) is 14.3. The number of carbonyl (C=O) groups is 2. The highest BCUT2D eigenvalue weighted by molar-refractivity contribution is 5.82. The van der Waals surface area contributed by atoms with Crippen LogP contribution in [0.4, 0.5) is 0 Å². The smallest absolute Gasteiger partial charge is 0.227 e. The molecule has 2 fully saturated rings. The first-order valence-electron chi connectivity index (χ1n) is 7.24. The molecule has 2 saturated heterocycles. The highest BCUT2D eigenvalue weighted by Crippen LogP contribution is 2.22. The second-order valence-electron chi connectivity index (χ2n) is 6.00.